The third-order valence-corrected chi connectivity index (χ3v) is 2.61. The molecule has 17 heavy (non-hydrogen) atoms. The fourth-order valence-corrected chi connectivity index (χ4v) is 1.86. The predicted octanol–water partition coefficient (Wildman–Crippen LogP) is 4.58. The molecular formula is C10H8F6S. The summed E-state index contributed by atoms with van der Waals surface area (Å²) in [5.41, 5.74) is -2.85. The molecule has 0 amide bonds. The van der Waals surface area contributed by atoms with E-state index in [0.29, 0.717) is 6.07 Å². The van der Waals surface area contributed by atoms with Crippen molar-refractivity contribution in [3.8, 4) is 0 Å². The summed E-state index contributed by atoms with van der Waals surface area (Å²) in [6.07, 6.45) is -9.67. The molecular weight excluding hydrogens is 266 g/mol. The van der Waals surface area contributed by atoms with Crippen molar-refractivity contribution in [3.63, 3.8) is 0 Å². The molecule has 1 aromatic rings. The van der Waals surface area contributed by atoms with Crippen molar-refractivity contribution >= 4 is 12.6 Å². The van der Waals surface area contributed by atoms with Gasteiger partial charge in [0, 0.05) is 4.90 Å². The van der Waals surface area contributed by atoms with Gasteiger partial charge in [0.25, 0.3) is 0 Å². The summed E-state index contributed by atoms with van der Waals surface area (Å²) < 4.78 is 74.9. The van der Waals surface area contributed by atoms with Gasteiger partial charge in [-0.15, -0.1) is 12.6 Å². The van der Waals surface area contributed by atoms with Crippen molar-refractivity contribution < 1.29 is 26.3 Å². The summed E-state index contributed by atoms with van der Waals surface area (Å²) in [5, 5.41) is 0. The van der Waals surface area contributed by atoms with Crippen LogP contribution in [0.15, 0.2) is 17.0 Å². The van der Waals surface area contributed by atoms with Gasteiger partial charge >= 0.3 is 12.4 Å². The summed E-state index contributed by atoms with van der Waals surface area (Å²) in [6, 6.07) is 0.732. The van der Waals surface area contributed by atoms with Crippen LogP contribution in [0.5, 0.6) is 0 Å². The molecule has 0 aliphatic carbocycles. The number of benzene rings is 1. The molecule has 1 rings (SSSR count). The first kappa shape index (κ1) is 14.2. The number of alkyl halides is 6. The van der Waals surface area contributed by atoms with Gasteiger partial charge in [-0.3, -0.25) is 0 Å². The van der Waals surface area contributed by atoms with E-state index in [1.165, 1.54) is 6.92 Å². The van der Waals surface area contributed by atoms with Gasteiger partial charge < -0.3 is 0 Å². The number of hydrogen-bond acceptors (Lipinski definition) is 1. The SMILES string of the molecule is CCc1c(S)cc(C(F)(F)F)cc1C(F)(F)F. The standard InChI is InChI=1S/C10H8F6S/c1-2-6-7(10(14,15)16)3-5(4-8(6)17)9(11,12)13/h3-4,17H,2H2,1H3. The fraction of sp³-hybridized carbons (Fsp3) is 0.400. The first-order valence-corrected chi connectivity index (χ1v) is 5.02. The lowest BCUT2D eigenvalue weighted by Gasteiger charge is -2.17. The maximum absolute atomic E-state index is 12.6. The molecule has 0 atom stereocenters. The van der Waals surface area contributed by atoms with Crippen LogP contribution in [0.3, 0.4) is 0 Å². The summed E-state index contributed by atoms with van der Waals surface area (Å²) in [7, 11) is 0. The van der Waals surface area contributed by atoms with Gasteiger partial charge in [-0.05, 0) is 24.1 Å². The minimum absolute atomic E-state index is 0.0359. The van der Waals surface area contributed by atoms with Gasteiger partial charge in [0.2, 0.25) is 0 Å². The zero-order valence-corrected chi connectivity index (χ0v) is 9.47. The Balaban J connectivity index is 3.51. The second kappa shape index (κ2) is 4.44. The highest BCUT2D eigenvalue weighted by Gasteiger charge is 2.38. The number of rotatable bonds is 1. The van der Waals surface area contributed by atoms with E-state index in [9.17, 15) is 26.3 Å². The van der Waals surface area contributed by atoms with E-state index in [1.54, 1.807) is 0 Å². The zero-order chi connectivity index (χ0) is 13.4. The highest BCUT2D eigenvalue weighted by molar-refractivity contribution is 7.80. The Morgan fingerprint density at radius 1 is 1.00 bits per heavy atom. The molecule has 0 saturated heterocycles. The normalized spacial score (nSPS) is 12.9. The third-order valence-electron chi connectivity index (χ3n) is 2.21. The van der Waals surface area contributed by atoms with Crippen molar-refractivity contribution in [2.24, 2.45) is 0 Å². The molecule has 0 bridgehead atoms. The summed E-state index contributed by atoms with van der Waals surface area (Å²) in [4.78, 5) is -0.297. The van der Waals surface area contributed by atoms with Crippen LogP contribution in [0.2, 0.25) is 0 Å². The van der Waals surface area contributed by atoms with Crippen LogP contribution in [0, 0.1) is 0 Å². The quantitative estimate of drug-likeness (QED) is 0.562. The average Bonchev–Trinajstić information content (AvgIpc) is 2.13. The highest BCUT2D eigenvalue weighted by Crippen LogP contribution is 2.39. The van der Waals surface area contributed by atoms with Gasteiger partial charge in [0.15, 0.2) is 0 Å². The molecule has 0 aliphatic rings. The van der Waals surface area contributed by atoms with Gasteiger partial charge in [-0.25, -0.2) is 0 Å². The first-order valence-electron chi connectivity index (χ1n) is 4.57. The summed E-state index contributed by atoms with van der Waals surface area (Å²) >= 11 is 3.68. The van der Waals surface area contributed by atoms with E-state index in [4.69, 9.17) is 0 Å². The Labute approximate surface area is 99.0 Å². The van der Waals surface area contributed by atoms with E-state index in [1.807, 2.05) is 0 Å². The Morgan fingerprint density at radius 3 is 1.88 bits per heavy atom. The van der Waals surface area contributed by atoms with Crippen LogP contribution in [-0.4, -0.2) is 0 Å². The van der Waals surface area contributed by atoms with Crippen molar-refractivity contribution in [1.82, 2.24) is 0 Å². The molecule has 0 saturated carbocycles. The second-order valence-corrected chi connectivity index (χ2v) is 3.85. The van der Waals surface area contributed by atoms with Crippen LogP contribution in [0.1, 0.15) is 23.6 Å². The van der Waals surface area contributed by atoms with Crippen molar-refractivity contribution in [1.29, 1.82) is 0 Å². The van der Waals surface area contributed by atoms with Gasteiger partial charge in [-0.2, -0.15) is 26.3 Å². The van der Waals surface area contributed by atoms with Gasteiger partial charge in [0.1, 0.15) is 0 Å². The molecule has 0 nitrogen and oxygen atoms in total. The largest absolute Gasteiger partial charge is 0.416 e. The van der Waals surface area contributed by atoms with E-state index in [0.717, 1.165) is 0 Å². The number of thiol groups is 1. The Kier molecular flexibility index (Phi) is 3.71. The lowest BCUT2D eigenvalue weighted by molar-refractivity contribution is -0.143. The van der Waals surface area contributed by atoms with Crippen molar-refractivity contribution in [2.45, 2.75) is 30.6 Å². The Bertz CT molecular complexity index is 418. The smallest absolute Gasteiger partial charge is 0.166 e. The molecule has 1 aromatic carbocycles. The van der Waals surface area contributed by atoms with E-state index in [2.05, 4.69) is 12.6 Å². The topological polar surface area (TPSA) is 0 Å². The maximum atomic E-state index is 12.6. The molecule has 0 spiro atoms. The molecule has 0 aromatic heterocycles. The maximum Gasteiger partial charge on any atom is 0.416 e. The molecule has 7 heteroatoms. The van der Waals surface area contributed by atoms with E-state index in [-0.39, 0.29) is 22.9 Å². The zero-order valence-electron chi connectivity index (χ0n) is 8.58. The first-order chi connectivity index (χ1) is 7.57. The van der Waals surface area contributed by atoms with Crippen LogP contribution in [0.4, 0.5) is 26.3 Å². The van der Waals surface area contributed by atoms with Crippen LogP contribution >= 0.6 is 12.6 Å². The second-order valence-electron chi connectivity index (χ2n) is 3.37. The minimum atomic E-state index is -4.82. The summed E-state index contributed by atoms with van der Waals surface area (Å²) in [6.45, 7) is 1.43. The van der Waals surface area contributed by atoms with Gasteiger partial charge in [-0.1, -0.05) is 6.92 Å². The predicted molar refractivity (Wildman–Crippen MR) is 53.1 cm³/mol. The lowest BCUT2D eigenvalue weighted by Crippen LogP contribution is -2.14. The van der Waals surface area contributed by atoms with Crippen LogP contribution < -0.4 is 0 Å². The Morgan fingerprint density at radius 2 is 1.53 bits per heavy atom. The molecule has 0 N–H and O–H groups in total. The monoisotopic (exact) mass is 274 g/mol. The third kappa shape index (κ3) is 3.08. The fourth-order valence-electron chi connectivity index (χ4n) is 1.44. The van der Waals surface area contributed by atoms with E-state index < -0.39 is 23.5 Å². The molecule has 0 aliphatic heterocycles. The number of hydrogen-bond donors (Lipinski definition) is 1. The van der Waals surface area contributed by atoms with Gasteiger partial charge in [0.05, 0.1) is 11.1 Å². The van der Waals surface area contributed by atoms with Crippen molar-refractivity contribution in [2.75, 3.05) is 0 Å². The Hall–Kier alpha value is -0.850. The molecule has 0 radical (unpaired) electrons. The summed E-state index contributed by atoms with van der Waals surface area (Å²) in [5.74, 6) is 0. The van der Waals surface area contributed by atoms with Crippen LogP contribution in [0.25, 0.3) is 0 Å². The molecule has 96 valence electrons. The lowest BCUT2D eigenvalue weighted by atomic mass is 10.0. The van der Waals surface area contributed by atoms with Crippen molar-refractivity contribution in [3.05, 3.63) is 28.8 Å². The molecule has 0 heterocycles. The highest BCUT2D eigenvalue weighted by atomic mass is 32.1. The minimum Gasteiger partial charge on any atom is -0.166 e. The van der Waals surface area contributed by atoms with E-state index >= 15 is 0 Å². The molecule has 0 unspecified atom stereocenters. The average molecular weight is 274 g/mol. The number of halogens is 6. The van der Waals surface area contributed by atoms with Crippen LogP contribution in [-0.2, 0) is 18.8 Å². The molecule has 0 fully saturated rings.